The molecule has 0 saturated carbocycles. The number of anilines is 1. The molecule has 0 aliphatic carbocycles. The summed E-state index contributed by atoms with van der Waals surface area (Å²) in [5.74, 6) is 0.454. The Kier molecular flexibility index (Phi) is 6.19. The first kappa shape index (κ1) is 18.8. The van der Waals surface area contributed by atoms with Crippen LogP contribution in [0.15, 0.2) is 29.4 Å². The molecule has 9 nitrogen and oxygen atoms in total. The zero-order valence-electron chi connectivity index (χ0n) is 14.5. The average molecular weight is 355 g/mol. The van der Waals surface area contributed by atoms with Gasteiger partial charge in [-0.05, 0) is 25.1 Å². The molecule has 2 rings (SSSR count). The van der Waals surface area contributed by atoms with Gasteiger partial charge in [-0.1, -0.05) is 0 Å². The van der Waals surface area contributed by atoms with E-state index in [1.54, 1.807) is 26.2 Å². The summed E-state index contributed by atoms with van der Waals surface area (Å²) in [4.78, 5) is 14.8. The van der Waals surface area contributed by atoms with Crippen molar-refractivity contribution in [2.24, 2.45) is 5.10 Å². The number of benzene rings is 1. The van der Waals surface area contributed by atoms with E-state index in [1.165, 1.54) is 25.5 Å². The lowest BCUT2D eigenvalue weighted by atomic mass is 10.1. The molecule has 0 atom stereocenters. The number of hydrazone groups is 1. The number of pyridine rings is 1. The summed E-state index contributed by atoms with van der Waals surface area (Å²) < 4.78 is 10.0. The molecule has 0 spiro atoms. The lowest BCUT2D eigenvalue weighted by Gasteiger charge is -2.09. The molecule has 0 aliphatic rings. The number of nitro benzene ring substituents is 1. The zero-order valence-corrected chi connectivity index (χ0v) is 14.5. The molecule has 0 amide bonds. The van der Waals surface area contributed by atoms with Gasteiger partial charge in [-0.25, -0.2) is 4.98 Å². The van der Waals surface area contributed by atoms with Crippen molar-refractivity contribution in [3.05, 3.63) is 56.8 Å². The van der Waals surface area contributed by atoms with Gasteiger partial charge >= 0.3 is 5.69 Å². The van der Waals surface area contributed by atoms with E-state index in [9.17, 15) is 15.4 Å². The number of hydrogen-bond acceptors (Lipinski definition) is 8. The Morgan fingerprint density at radius 1 is 1.42 bits per heavy atom. The van der Waals surface area contributed by atoms with Gasteiger partial charge in [0.1, 0.15) is 11.6 Å². The van der Waals surface area contributed by atoms with Crippen molar-refractivity contribution in [2.45, 2.75) is 13.5 Å². The van der Waals surface area contributed by atoms with Crippen molar-refractivity contribution < 1.29 is 14.4 Å². The third-order valence-electron chi connectivity index (χ3n) is 3.42. The maximum atomic E-state index is 11.1. The number of nitrogens with zero attached hydrogens (tertiary/aromatic N) is 4. The topological polar surface area (TPSA) is 123 Å². The van der Waals surface area contributed by atoms with Crippen molar-refractivity contribution in [1.82, 2.24) is 4.98 Å². The Hall–Kier alpha value is -3.51. The maximum Gasteiger partial charge on any atom is 0.311 e. The van der Waals surface area contributed by atoms with Crippen molar-refractivity contribution >= 4 is 17.7 Å². The van der Waals surface area contributed by atoms with E-state index < -0.39 is 4.92 Å². The summed E-state index contributed by atoms with van der Waals surface area (Å²) in [6.07, 6.45) is 1.40. The Labute approximate surface area is 150 Å². The van der Waals surface area contributed by atoms with Crippen LogP contribution < -0.4 is 10.2 Å². The standard InChI is InChI=1S/C17H17N5O4/c1-11-6-13(10-25-2)14(8-18)17(20-11)21-19-9-12-4-5-16(26-3)15(7-12)22(23)24/h4-7,9H,10H2,1-3H3,(H,20,21)/b19-9-. The van der Waals surface area contributed by atoms with Gasteiger partial charge in [-0.2, -0.15) is 10.4 Å². The number of methoxy groups -OCH3 is 2. The van der Waals surface area contributed by atoms with Crippen molar-refractivity contribution in [1.29, 1.82) is 5.26 Å². The zero-order chi connectivity index (χ0) is 19.1. The fraction of sp³-hybridized carbons (Fsp3) is 0.235. The lowest BCUT2D eigenvalue weighted by Crippen LogP contribution is -2.03. The number of aromatic nitrogens is 1. The van der Waals surface area contributed by atoms with Gasteiger partial charge in [0.15, 0.2) is 11.6 Å². The molecule has 0 aliphatic heterocycles. The van der Waals surface area contributed by atoms with E-state index in [0.717, 1.165) is 0 Å². The molecule has 1 heterocycles. The highest BCUT2D eigenvalue weighted by molar-refractivity contribution is 5.82. The number of nitriles is 1. The van der Waals surface area contributed by atoms with Gasteiger partial charge in [0, 0.05) is 30.0 Å². The van der Waals surface area contributed by atoms with Crippen molar-refractivity contribution in [3.8, 4) is 11.8 Å². The highest BCUT2D eigenvalue weighted by Crippen LogP contribution is 2.27. The van der Waals surface area contributed by atoms with Crippen LogP contribution in [0.2, 0.25) is 0 Å². The minimum absolute atomic E-state index is 0.162. The molecule has 2 aromatic rings. The number of nitrogens with one attached hydrogen (secondary N) is 1. The molecule has 0 unspecified atom stereocenters. The molecule has 9 heteroatoms. The SMILES string of the molecule is COCc1cc(C)nc(N/N=C\c2ccc(OC)c([N+](=O)[O-])c2)c1C#N. The largest absolute Gasteiger partial charge is 0.490 e. The smallest absolute Gasteiger partial charge is 0.311 e. The quantitative estimate of drug-likeness (QED) is 0.460. The predicted molar refractivity (Wildman–Crippen MR) is 95.3 cm³/mol. The molecular formula is C17H17N5O4. The Morgan fingerprint density at radius 3 is 2.81 bits per heavy atom. The van der Waals surface area contributed by atoms with Crippen LogP contribution >= 0.6 is 0 Å². The van der Waals surface area contributed by atoms with Gasteiger partial charge in [0.05, 0.1) is 24.9 Å². The fourth-order valence-electron chi connectivity index (χ4n) is 2.31. The van der Waals surface area contributed by atoms with Crippen LogP contribution in [0.3, 0.4) is 0 Å². The van der Waals surface area contributed by atoms with Gasteiger partial charge in [0.2, 0.25) is 0 Å². The van der Waals surface area contributed by atoms with E-state index >= 15 is 0 Å². The van der Waals surface area contributed by atoms with Crippen LogP contribution in [0, 0.1) is 28.4 Å². The fourth-order valence-corrected chi connectivity index (χ4v) is 2.31. The molecular weight excluding hydrogens is 338 g/mol. The van der Waals surface area contributed by atoms with Gasteiger partial charge < -0.3 is 9.47 Å². The van der Waals surface area contributed by atoms with Gasteiger partial charge in [-0.15, -0.1) is 0 Å². The molecule has 0 bridgehead atoms. The summed E-state index contributed by atoms with van der Waals surface area (Å²) in [7, 11) is 2.90. The highest BCUT2D eigenvalue weighted by atomic mass is 16.6. The Bertz CT molecular complexity index is 889. The van der Waals surface area contributed by atoms with Crippen LogP contribution in [0.25, 0.3) is 0 Å². The molecule has 0 fully saturated rings. The van der Waals surface area contributed by atoms with E-state index in [0.29, 0.717) is 28.2 Å². The first-order valence-electron chi connectivity index (χ1n) is 7.51. The molecule has 0 saturated heterocycles. The number of rotatable bonds is 7. The van der Waals surface area contributed by atoms with Crippen LogP contribution in [0.4, 0.5) is 11.5 Å². The minimum Gasteiger partial charge on any atom is -0.490 e. The summed E-state index contributed by atoms with van der Waals surface area (Å²) in [6.45, 7) is 2.07. The Morgan fingerprint density at radius 2 is 2.19 bits per heavy atom. The summed E-state index contributed by atoms with van der Waals surface area (Å²) in [5, 5.41) is 24.4. The van der Waals surface area contributed by atoms with E-state index in [1.807, 2.05) is 0 Å². The third kappa shape index (κ3) is 4.31. The van der Waals surface area contributed by atoms with Crippen molar-refractivity contribution in [2.75, 3.05) is 19.6 Å². The van der Waals surface area contributed by atoms with E-state index in [2.05, 4.69) is 21.6 Å². The van der Waals surface area contributed by atoms with Crippen LogP contribution in [0.5, 0.6) is 5.75 Å². The molecule has 134 valence electrons. The second-order valence-corrected chi connectivity index (χ2v) is 5.25. The first-order chi connectivity index (χ1) is 12.5. The molecule has 1 aromatic carbocycles. The molecule has 26 heavy (non-hydrogen) atoms. The summed E-state index contributed by atoms with van der Waals surface area (Å²) >= 11 is 0. The molecule has 1 aromatic heterocycles. The van der Waals surface area contributed by atoms with E-state index in [4.69, 9.17) is 9.47 Å². The molecule has 0 radical (unpaired) electrons. The number of ether oxygens (including phenoxy) is 2. The number of nitro groups is 1. The Balaban J connectivity index is 2.27. The number of hydrogen-bond donors (Lipinski definition) is 1. The van der Waals surface area contributed by atoms with Gasteiger partial charge in [-0.3, -0.25) is 15.5 Å². The average Bonchev–Trinajstić information content (AvgIpc) is 2.61. The van der Waals surface area contributed by atoms with Gasteiger partial charge in [0.25, 0.3) is 0 Å². The summed E-state index contributed by atoms with van der Waals surface area (Å²) in [5.41, 5.74) is 4.77. The van der Waals surface area contributed by atoms with Crippen LogP contribution in [-0.4, -0.2) is 30.3 Å². The normalized spacial score (nSPS) is 10.5. The number of aryl methyl sites for hydroxylation is 1. The highest BCUT2D eigenvalue weighted by Gasteiger charge is 2.14. The lowest BCUT2D eigenvalue weighted by molar-refractivity contribution is -0.385. The second-order valence-electron chi connectivity index (χ2n) is 5.25. The van der Waals surface area contributed by atoms with Crippen LogP contribution in [-0.2, 0) is 11.3 Å². The minimum atomic E-state index is -0.531. The monoisotopic (exact) mass is 355 g/mol. The second kappa shape index (κ2) is 8.55. The first-order valence-corrected chi connectivity index (χ1v) is 7.51. The third-order valence-corrected chi connectivity index (χ3v) is 3.42. The van der Waals surface area contributed by atoms with E-state index in [-0.39, 0.29) is 18.0 Å². The summed E-state index contributed by atoms with van der Waals surface area (Å²) in [6, 6.07) is 8.30. The molecule has 1 N–H and O–H groups in total. The van der Waals surface area contributed by atoms with Crippen molar-refractivity contribution in [3.63, 3.8) is 0 Å². The maximum absolute atomic E-state index is 11.1. The van der Waals surface area contributed by atoms with Crippen LogP contribution in [0.1, 0.15) is 22.4 Å². The predicted octanol–water partition coefficient (Wildman–Crippen LogP) is 2.77.